The van der Waals surface area contributed by atoms with Crippen LogP contribution in [0, 0.1) is 13.8 Å². The van der Waals surface area contributed by atoms with E-state index in [-0.39, 0.29) is 11.8 Å². The predicted octanol–water partition coefficient (Wildman–Crippen LogP) is 5.98. The largest absolute Gasteiger partial charge is 0.338 e. The van der Waals surface area contributed by atoms with E-state index in [0.29, 0.717) is 17.1 Å². The monoisotopic (exact) mass is 456 g/mol. The van der Waals surface area contributed by atoms with Crippen LogP contribution < -0.4 is 0 Å². The standard InChI is InChI=1S/C27H25ClN4O/c1-17-18(2)30-26-15-20(11-12-25(26)29-17)27(33)32-13-5-7-21(16-32)24-10-4-9-23(31-24)19-6-3-8-22(28)14-19/h3-4,6,8-12,14-15,21H,5,7,13,16H2,1-2H3. The molecule has 2 aromatic heterocycles. The molecule has 0 bridgehead atoms. The number of rotatable bonds is 3. The minimum absolute atomic E-state index is 0.0348. The molecule has 0 N–H and O–H groups in total. The number of nitrogens with zero attached hydrogens (tertiary/aromatic N) is 4. The SMILES string of the molecule is Cc1nc2ccc(C(=O)N3CCCC(c4cccc(-c5cccc(Cl)c5)n4)C3)cc2nc1C. The van der Waals surface area contributed by atoms with Gasteiger partial charge in [0.1, 0.15) is 0 Å². The van der Waals surface area contributed by atoms with Crippen LogP contribution in [0.1, 0.15) is 46.2 Å². The van der Waals surface area contributed by atoms with Gasteiger partial charge in [0, 0.05) is 40.9 Å². The summed E-state index contributed by atoms with van der Waals surface area (Å²) in [6.45, 7) is 5.29. The molecule has 4 aromatic rings. The number of likely N-dealkylation sites (tertiary alicyclic amines) is 1. The first-order valence-electron chi connectivity index (χ1n) is 11.2. The van der Waals surface area contributed by atoms with Crippen molar-refractivity contribution in [3.63, 3.8) is 0 Å². The minimum Gasteiger partial charge on any atom is -0.338 e. The van der Waals surface area contributed by atoms with Crippen LogP contribution in [0.5, 0.6) is 0 Å². The van der Waals surface area contributed by atoms with E-state index in [1.165, 1.54) is 0 Å². The van der Waals surface area contributed by atoms with Gasteiger partial charge in [-0.05, 0) is 69.2 Å². The molecule has 5 rings (SSSR count). The highest BCUT2D eigenvalue weighted by Crippen LogP contribution is 2.29. The van der Waals surface area contributed by atoms with Crippen LogP contribution in [0.2, 0.25) is 5.02 Å². The Balaban J connectivity index is 1.38. The molecule has 33 heavy (non-hydrogen) atoms. The second kappa shape index (κ2) is 8.91. The number of carbonyl (C=O) groups excluding carboxylic acids is 1. The third kappa shape index (κ3) is 4.46. The third-order valence-corrected chi connectivity index (χ3v) is 6.58. The fourth-order valence-electron chi connectivity index (χ4n) is 4.44. The summed E-state index contributed by atoms with van der Waals surface area (Å²) in [6.07, 6.45) is 1.96. The second-order valence-corrected chi connectivity index (χ2v) is 9.08. The van der Waals surface area contributed by atoms with Gasteiger partial charge in [0.05, 0.1) is 28.1 Å². The number of carbonyl (C=O) groups is 1. The van der Waals surface area contributed by atoms with Gasteiger partial charge in [-0.3, -0.25) is 9.78 Å². The van der Waals surface area contributed by atoms with Gasteiger partial charge in [-0.2, -0.15) is 0 Å². The van der Waals surface area contributed by atoms with E-state index >= 15 is 0 Å². The Bertz CT molecular complexity index is 1350. The number of benzene rings is 2. The van der Waals surface area contributed by atoms with Crippen molar-refractivity contribution in [2.24, 2.45) is 0 Å². The van der Waals surface area contributed by atoms with Crippen LogP contribution in [-0.4, -0.2) is 38.8 Å². The minimum atomic E-state index is 0.0348. The Morgan fingerprint density at radius 1 is 0.939 bits per heavy atom. The average Bonchev–Trinajstić information content (AvgIpc) is 2.84. The summed E-state index contributed by atoms with van der Waals surface area (Å²) >= 11 is 6.17. The molecular weight excluding hydrogens is 432 g/mol. The first-order valence-corrected chi connectivity index (χ1v) is 11.6. The van der Waals surface area contributed by atoms with Crippen molar-refractivity contribution < 1.29 is 4.79 Å². The van der Waals surface area contributed by atoms with Gasteiger partial charge in [-0.1, -0.05) is 29.8 Å². The molecule has 1 aliphatic rings. The highest BCUT2D eigenvalue weighted by Gasteiger charge is 2.27. The average molecular weight is 457 g/mol. The van der Waals surface area contributed by atoms with Crippen molar-refractivity contribution in [3.05, 3.63) is 88.3 Å². The molecule has 1 atom stereocenters. The first kappa shape index (κ1) is 21.5. The number of hydrogen-bond acceptors (Lipinski definition) is 4. The zero-order valence-electron chi connectivity index (χ0n) is 18.8. The summed E-state index contributed by atoms with van der Waals surface area (Å²) in [5.41, 5.74) is 6.93. The van der Waals surface area contributed by atoms with Crippen molar-refractivity contribution in [2.45, 2.75) is 32.6 Å². The molecule has 1 unspecified atom stereocenters. The summed E-state index contributed by atoms with van der Waals surface area (Å²) < 4.78 is 0. The highest BCUT2D eigenvalue weighted by molar-refractivity contribution is 6.30. The number of pyridine rings is 1. The van der Waals surface area contributed by atoms with Gasteiger partial charge in [0.25, 0.3) is 5.91 Å². The molecule has 6 heteroatoms. The molecule has 1 aliphatic heterocycles. The maximum atomic E-state index is 13.3. The van der Waals surface area contributed by atoms with E-state index < -0.39 is 0 Å². The van der Waals surface area contributed by atoms with E-state index in [1.807, 2.05) is 73.3 Å². The van der Waals surface area contributed by atoms with Crippen molar-refractivity contribution >= 4 is 28.5 Å². The molecule has 5 nitrogen and oxygen atoms in total. The van der Waals surface area contributed by atoms with Crippen molar-refractivity contribution in [2.75, 3.05) is 13.1 Å². The Labute approximate surface area is 198 Å². The van der Waals surface area contributed by atoms with Crippen molar-refractivity contribution in [3.8, 4) is 11.3 Å². The zero-order chi connectivity index (χ0) is 22.9. The lowest BCUT2D eigenvalue weighted by atomic mass is 9.93. The quantitative estimate of drug-likeness (QED) is 0.380. The number of hydrogen-bond donors (Lipinski definition) is 0. The van der Waals surface area contributed by atoms with Gasteiger partial charge in [0.2, 0.25) is 0 Å². The third-order valence-electron chi connectivity index (χ3n) is 6.34. The van der Waals surface area contributed by atoms with Crippen LogP contribution >= 0.6 is 11.6 Å². The van der Waals surface area contributed by atoms with E-state index in [4.69, 9.17) is 16.6 Å². The van der Waals surface area contributed by atoms with Crippen LogP contribution in [-0.2, 0) is 0 Å². The molecule has 1 fully saturated rings. The normalized spacial score (nSPS) is 16.2. The number of halogens is 1. The zero-order valence-corrected chi connectivity index (χ0v) is 19.5. The summed E-state index contributed by atoms with van der Waals surface area (Å²) in [4.78, 5) is 29.4. The fourth-order valence-corrected chi connectivity index (χ4v) is 4.63. The number of amides is 1. The van der Waals surface area contributed by atoms with Gasteiger partial charge in [-0.15, -0.1) is 0 Å². The van der Waals surface area contributed by atoms with Gasteiger partial charge in [0.15, 0.2) is 0 Å². The Morgan fingerprint density at radius 2 is 1.73 bits per heavy atom. The number of aryl methyl sites for hydroxylation is 2. The molecular formula is C27H25ClN4O. The van der Waals surface area contributed by atoms with E-state index in [1.54, 1.807) is 0 Å². The van der Waals surface area contributed by atoms with E-state index in [9.17, 15) is 4.79 Å². The van der Waals surface area contributed by atoms with Crippen LogP contribution in [0.3, 0.4) is 0 Å². The number of aromatic nitrogens is 3. The van der Waals surface area contributed by atoms with E-state index in [0.717, 1.165) is 58.8 Å². The molecule has 0 radical (unpaired) electrons. The lowest BCUT2D eigenvalue weighted by Gasteiger charge is -2.32. The topological polar surface area (TPSA) is 59.0 Å². The Morgan fingerprint density at radius 3 is 2.55 bits per heavy atom. The van der Waals surface area contributed by atoms with Gasteiger partial charge >= 0.3 is 0 Å². The van der Waals surface area contributed by atoms with Gasteiger partial charge < -0.3 is 4.90 Å². The molecule has 3 heterocycles. The van der Waals surface area contributed by atoms with Crippen LogP contribution in [0.15, 0.2) is 60.7 Å². The predicted molar refractivity (Wildman–Crippen MR) is 132 cm³/mol. The Kier molecular flexibility index (Phi) is 5.81. The maximum absolute atomic E-state index is 13.3. The summed E-state index contributed by atoms with van der Waals surface area (Å²) in [5.74, 6) is 0.236. The molecule has 1 saturated heterocycles. The molecule has 0 aliphatic carbocycles. The van der Waals surface area contributed by atoms with E-state index in [2.05, 4.69) is 16.0 Å². The molecule has 1 amide bonds. The fraction of sp³-hybridized carbons (Fsp3) is 0.259. The molecule has 0 saturated carbocycles. The highest BCUT2D eigenvalue weighted by atomic mass is 35.5. The van der Waals surface area contributed by atoms with Crippen molar-refractivity contribution in [1.29, 1.82) is 0 Å². The van der Waals surface area contributed by atoms with Crippen LogP contribution in [0.25, 0.3) is 22.3 Å². The lowest BCUT2D eigenvalue weighted by molar-refractivity contribution is 0.0706. The summed E-state index contributed by atoms with van der Waals surface area (Å²) in [7, 11) is 0. The number of piperidine rings is 1. The molecule has 0 spiro atoms. The summed E-state index contributed by atoms with van der Waals surface area (Å²) in [5, 5.41) is 0.694. The van der Waals surface area contributed by atoms with Crippen molar-refractivity contribution in [1.82, 2.24) is 19.9 Å². The lowest BCUT2D eigenvalue weighted by Crippen LogP contribution is -2.39. The molecule has 2 aromatic carbocycles. The first-order chi connectivity index (χ1) is 16.0. The second-order valence-electron chi connectivity index (χ2n) is 8.65. The van der Waals surface area contributed by atoms with Crippen LogP contribution in [0.4, 0.5) is 0 Å². The molecule has 166 valence electrons. The summed E-state index contributed by atoms with van der Waals surface area (Å²) in [6, 6.07) is 19.4. The van der Waals surface area contributed by atoms with Gasteiger partial charge in [-0.25, -0.2) is 9.97 Å². The maximum Gasteiger partial charge on any atom is 0.253 e. The smallest absolute Gasteiger partial charge is 0.253 e. The Hall–Kier alpha value is -3.31. The number of fused-ring (bicyclic) bond motifs is 1.